The van der Waals surface area contributed by atoms with Gasteiger partial charge >= 0.3 is 5.97 Å². The number of nitrogens with zero attached hydrogens (tertiary/aromatic N) is 1. The lowest BCUT2D eigenvalue weighted by atomic mass is 9.75. The molecule has 0 radical (unpaired) electrons. The van der Waals surface area contributed by atoms with E-state index in [-0.39, 0.29) is 47.1 Å². The number of nitrogens with one attached hydrogen (secondary N) is 2. The number of carboxylic acid groups (broad SMARTS) is 1. The second-order valence-corrected chi connectivity index (χ2v) is 13.4. The van der Waals surface area contributed by atoms with Gasteiger partial charge in [-0.1, -0.05) is 6.42 Å². The third-order valence-corrected chi connectivity index (χ3v) is 11.5. The molecule has 0 spiro atoms. The van der Waals surface area contributed by atoms with E-state index in [1.807, 2.05) is 0 Å². The molecule has 3 saturated carbocycles. The molecule has 1 amide bonds. The van der Waals surface area contributed by atoms with E-state index in [4.69, 9.17) is 16.9 Å². The van der Waals surface area contributed by atoms with Crippen molar-refractivity contribution >= 4 is 29.5 Å². The quantitative estimate of drug-likeness (QED) is 0.275. The number of carboxylic acids is 1. The van der Waals surface area contributed by atoms with Crippen LogP contribution in [0.5, 0.6) is 0 Å². The average Bonchev–Trinajstić information content (AvgIpc) is 3.43. The van der Waals surface area contributed by atoms with Crippen LogP contribution in [0.4, 0.5) is 0 Å². The molecule has 7 N–H and O–H groups in total. The molecule has 3 aliphatic carbocycles. The van der Waals surface area contributed by atoms with Crippen molar-refractivity contribution in [3.63, 3.8) is 0 Å². The van der Waals surface area contributed by atoms with E-state index in [0.717, 1.165) is 83.6 Å². The van der Waals surface area contributed by atoms with E-state index in [1.165, 1.54) is 0 Å². The fourth-order valence-corrected chi connectivity index (χ4v) is 9.61. The predicted octanol–water partition coefficient (Wildman–Crippen LogP) is 2.54. The summed E-state index contributed by atoms with van der Waals surface area (Å²) in [5, 5.41) is 21.2. The lowest BCUT2D eigenvalue weighted by Crippen LogP contribution is -2.53. The van der Waals surface area contributed by atoms with Crippen LogP contribution in [0.25, 0.3) is 0 Å². The molecule has 2 heterocycles. The predicted molar refractivity (Wildman–Crippen MR) is 138 cm³/mol. The molecule has 196 valence electrons. The van der Waals surface area contributed by atoms with Crippen molar-refractivity contribution in [2.75, 3.05) is 6.54 Å². The molecule has 35 heavy (non-hydrogen) atoms. The summed E-state index contributed by atoms with van der Waals surface area (Å²) in [4.78, 5) is 27.8. The number of rotatable bonds is 6. The van der Waals surface area contributed by atoms with Gasteiger partial charge in [0.2, 0.25) is 5.91 Å². The zero-order valence-corrected chi connectivity index (χ0v) is 21.6. The first kappa shape index (κ1) is 25.3. The Bertz CT molecular complexity index is 819. The van der Waals surface area contributed by atoms with Crippen LogP contribution in [0.2, 0.25) is 0 Å². The summed E-state index contributed by atoms with van der Waals surface area (Å²) in [5.41, 5.74) is 12.0. The molecular weight excluding hydrogens is 462 g/mol. The number of amides is 1. The highest BCUT2D eigenvalue weighted by molar-refractivity contribution is 8.01. The standard InChI is InChI=1S/C26H43N5O3S/c27-17-6-8-18(9-7-17)30-25(32)21-10-14-4-5-15(24(28)29)11-20(14)31(21)13-16-2-1-3-22-19(16)12-23(35-22)26(33)34/h14-23H,1-13,27H2,(H3,28,29)(H,30,32)(H,33,34). The molecule has 8 unspecified atom stereocenters. The van der Waals surface area contributed by atoms with Crippen LogP contribution >= 0.6 is 11.8 Å². The van der Waals surface area contributed by atoms with Crippen LogP contribution in [0.3, 0.4) is 0 Å². The van der Waals surface area contributed by atoms with Crippen molar-refractivity contribution in [2.24, 2.45) is 35.1 Å². The van der Waals surface area contributed by atoms with Gasteiger partial charge in [0.15, 0.2) is 0 Å². The van der Waals surface area contributed by atoms with Gasteiger partial charge in [-0.25, -0.2) is 0 Å². The second kappa shape index (κ2) is 10.6. The Labute approximate surface area is 213 Å². The lowest BCUT2D eigenvalue weighted by molar-refractivity contribution is -0.136. The number of hydrogen-bond acceptors (Lipinski definition) is 6. The molecule has 0 bridgehead atoms. The van der Waals surface area contributed by atoms with Gasteiger partial charge in [0.05, 0.1) is 11.9 Å². The first-order valence-electron chi connectivity index (χ1n) is 13.8. The number of aliphatic carboxylic acids is 1. The third-order valence-electron chi connectivity index (χ3n) is 9.86. The first-order chi connectivity index (χ1) is 16.8. The van der Waals surface area contributed by atoms with Crippen LogP contribution in [0.15, 0.2) is 0 Å². The Morgan fingerprint density at radius 3 is 2.51 bits per heavy atom. The van der Waals surface area contributed by atoms with E-state index in [9.17, 15) is 14.7 Å². The Hall–Kier alpha value is -1.32. The minimum absolute atomic E-state index is 0.109. The molecule has 5 aliphatic rings. The molecule has 8 atom stereocenters. The number of carbonyl (C=O) groups excluding carboxylic acids is 1. The molecule has 0 aromatic carbocycles. The van der Waals surface area contributed by atoms with Crippen molar-refractivity contribution in [1.29, 1.82) is 5.41 Å². The SMILES string of the molecule is N=C(N)C1CCC2CC(C(=O)NC3CCC(N)CC3)N(CC3CCCC4SC(C(=O)O)CC34)C2C1. The fourth-order valence-electron chi connectivity index (χ4n) is 7.90. The molecule has 5 rings (SSSR count). The monoisotopic (exact) mass is 505 g/mol. The maximum Gasteiger partial charge on any atom is 0.316 e. The first-order valence-corrected chi connectivity index (χ1v) is 14.8. The molecule has 9 heteroatoms. The van der Waals surface area contributed by atoms with Crippen molar-refractivity contribution in [3.05, 3.63) is 0 Å². The van der Waals surface area contributed by atoms with Crippen molar-refractivity contribution < 1.29 is 14.7 Å². The van der Waals surface area contributed by atoms with E-state index >= 15 is 0 Å². The molecule has 0 aromatic rings. The molecule has 5 fully saturated rings. The second-order valence-electron chi connectivity index (χ2n) is 12.0. The largest absolute Gasteiger partial charge is 0.480 e. The smallest absolute Gasteiger partial charge is 0.316 e. The number of hydrogen-bond donors (Lipinski definition) is 5. The van der Waals surface area contributed by atoms with Gasteiger partial charge < -0.3 is 21.9 Å². The van der Waals surface area contributed by atoms with Gasteiger partial charge in [0.25, 0.3) is 0 Å². The minimum atomic E-state index is -0.676. The Balaban J connectivity index is 1.32. The topological polar surface area (TPSA) is 146 Å². The van der Waals surface area contributed by atoms with Gasteiger partial charge in [-0.05, 0) is 88.4 Å². The van der Waals surface area contributed by atoms with Crippen molar-refractivity contribution in [2.45, 2.75) is 112 Å². The van der Waals surface area contributed by atoms with Crippen molar-refractivity contribution in [3.8, 4) is 0 Å². The summed E-state index contributed by atoms with van der Waals surface area (Å²) in [5.74, 6) is 1.21. The Morgan fingerprint density at radius 2 is 1.80 bits per heavy atom. The highest BCUT2D eigenvalue weighted by atomic mass is 32.2. The normalized spacial score (nSPS) is 43.8. The number of fused-ring (bicyclic) bond motifs is 2. The van der Waals surface area contributed by atoms with Crippen LogP contribution < -0.4 is 16.8 Å². The number of amidine groups is 1. The summed E-state index contributed by atoms with van der Waals surface area (Å²) in [6.07, 6.45) is 11.7. The van der Waals surface area contributed by atoms with E-state index in [1.54, 1.807) is 11.8 Å². The van der Waals surface area contributed by atoms with E-state index in [0.29, 0.717) is 23.0 Å². The molecule has 2 saturated heterocycles. The zero-order chi connectivity index (χ0) is 24.7. The van der Waals surface area contributed by atoms with Gasteiger partial charge in [-0.3, -0.25) is 19.9 Å². The minimum Gasteiger partial charge on any atom is -0.480 e. The maximum absolute atomic E-state index is 13.6. The summed E-state index contributed by atoms with van der Waals surface area (Å²) in [6, 6.07) is 0.642. The van der Waals surface area contributed by atoms with Crippen LogP contribution in [0.1, 0.15) is 77.0 Å². The average molecular weight is 506 g/mol. The fraction of sp³-hybridized carbons (Fsp3) is 0.885. The lowest BCUT2D eigenvalue weighted by Gasteiger charge is -2.42. The number of likely N-dealkylation sites (tertiary alicyclic amines) is 1. The Kier molecular flexibility index (Phi) is 7.66. The van der Waals surface area contributed by atoms with Gasteiger partial charge in [0, 0.05) is 35.8 Å². The summed E-state index contributed by atoms with van der Waals surface area (Å²) in [6.45, 7) is 0.869. The number of nitrogens with two attached hydrogens (primary N) is 2. The van der Waals surface area contributed by atoms with E-state index in [2.05, 4.69) is 10.2 Å². The number of carbonyl (C=O) groups is 2. The van der Waals surface area contributed by atoms with Crippen LogP contribution in [-0.2, 0) is 9.59 Å². The molecule has 8 nitrogen and oxygen atoms in total. The molecule has 2 aliphatic heterocycles. The Morgan fingerprint density at radius 1 is 1.03 bits per heavy atom. The summed E-state index contributed by atoms with van der Waals surface area (Å²) in [7, 11) is 0. The van der Waals surface area contributed by atoms with Crippen LogP contribution in [-0.4, -0.2) is 68.9 Å². The molecule has 0 aromatic heterocycles. The highest BCUT2D eigenvalue weighted by Gasteiger charge is 2.50. The van der Waals surface area contributed by atoms with Gasteiger partial charge in [-0.15, -0.1) is 11.8 Å². The maximum atomic E-state index is 13.6. The highest BCUT2D eigenvalue weighted by Crippen LogP contribution is 2.50. The van der Waals surface area contributed by atoms with E-state index < -0.39 is 5.97 Å². The van der Waals surface area contributed by atoms with Crippen LogP contribution in [0, 0.1) is 29.1 Å². The van der Waals surface area contributed by atoms with Gasteiger partial charge in [-0.2, -0.15) is 0 Å². The molecular formula is C26H43N5O3S. The summed E-state index contributed by atoms with van der Waals surface area (Å²) < 4.78 is 0. The number of thioether (sulfide) groups is 1. The third kappa shape index (κ3) is 5.37. The van der Waals surface area contributed by atoms with Gasteiger partial charge in [0.1, 0.15) is 5.25 Å². The zero-order valence-electron chi connectivity index (χ0n) is 20.7. The summed E-state index contributed by atoms with van der Waals surface area (Å²) >= 11 is 1.67. The van der Waals surface area contributed by atoms with Crippen molar-refractivity contribution in [1.82, 2.24) is 10.2 Å².